The van der Waals surface area contributed by atoms with Crippen LogP contribution >= 0.6 is 0 Å². The third kappa shape index (κ3) is 1.48. The molecule has 0 bridgehead atoms. The number of imidazole rings is 1. The summed E-state index contributed by atoms with van der Waals surface area (Å²) in [5.74, 6) is 1.16. The van der Waals surface area contributed by atoms with E-state index < -0.39 is 0 Å². The van der Waals surface area contributed by atoms with E-state index in [2.05, 4.69) is 18.1 Å². The van der Waals surface area contributed by atoms with Crippen molar-refractivity contribution in [2.75, 3.05) is 0 Å². The van der Waals surface area contributed by atoms with Crippen LogP contribution in [0, 0.1) is 5.92 Å². The minimum Gasteiger partial charge on any atom is -0.340 e. The molecule has 2 N–H and O–H groups in total. The fourth-order valence-electron chi connectivity index (χ4n) is 2.24. The molecule has 72 valence electrons. The van der Waals surface area contributed by atoms with Crippen molar-refractivity contribution in [3.63, 3.8) is 0 Å². The summed E-state index contributed by atoms with van der Waals surface area (Å²) < 4.78 is 2.01. The Hall–Kier alpha value is -0.830. The molecule has 1 aliphatic carbocycles. The number of rotatable bonds is 1. The van der Waals surface area contributed by atoms with Crippen molar-refractivity contribution in [3.05, 3.63) is 18.2 Å². The van der Waals surface area contributed by atoms with Gasteiger partial charge in [-0.05, 0) is 18.8 Å². The first kappa shape index (κ1) is 8.75. The maximum absolute atomic E-state index is 5.98. The maximum Gasteiger partial charge on any atom is 0.0946 e. The lowest BCUT2D eigenvalue weighted by atomic mass is 9.93. The van der Waals surface area contributed by atoms with Gasteiger partial charge in [0, 0.05) is 25.2 Å². The second-order valence-corrected chi connectivity index (χ2v) is 4.17. The Balaban J connectivity index is 2.18. The number of hydrogen-bond donors (Lipinski definition) is 1. The smallest absolute Gasteiger partial charge is 0.0946 e. The molecule has 13 heavy (non-hydrogen) atoms. The van der Waals surface area contributed by atoms with E-state index in [4.69, 9.17) is 5.73 Å². The normalized spacial score (nSPS) is 33.9. The van der Waals surface area contributed by atoms with Crippen LogP contribution in [-0.2, 0) is 7.05 Å². The molecule has 1 heterocycles. The van der Waals surface area contributed by atoms with E-state index in [9.17, 15) is 0 Å². The summed E-state index contributed by atoms with van der Waals surface area (Å²) in [5.41, 5.74) is 7.19. The van der Waals surface area contributed by atoms with Gasteiger partial charge in [-0.25, -0.2) is 4.98 Å². The van der Waals surface area contributed by atoms with Crippen LogP contribution in [0.1, 0.15) is 31.4 Å². The summed E-state index contributed by atoms with van der Waals surface area (Å²) in [5, 5.41) is 0. The molecule has 0 aliphatic heterocycles. The van der Waals surface area contributed by atoms with Gasteiger partial charge in [0.25, 0.3) is 0 Å². The molecule has 3 heteroatoms. The van der Waals surface area contributed by atoms with Crippen LogP contribution in [0.5, 0.6) is 0 Å². The van der Waals surface area contributed by atoms with Gasteiger partial charge in [-0.3, -0.25) is 0 Å². The second kappa shape index (κ2) is 3.14. The summed E-state index contributed by atoms with van der Waals surface area (Å²) in [6, 6.07) is 0.368. The Bertz CT molecular complexity index is 292. The average Bonchev–Trinajstić information content (AvgIpc) is 2.62. The van der Waals surface area contributed by atoms with E-state index in [1.807, 2.05) is 17.9 Å². The minimum absolute atomic E-state index is 0.368. The lowest BCUT2D eigenvalue weighted by Crippen LogP contribution is -2.24. The molecule has 3 nitrogen and oxygen atoms in total. The van der Waals surface area contributed by atoms with Gasteiger partial charge in [0.2, 0.25) is 0 Å². The zero-order valence-electron chi connectivity index (χ0n) is 8.27. The van der Waals surface area contributed by atoms with E-state index in [0.29, 0.717) is 17.9 Å². The predicted molar refractivity (Wildman–Crippen MR) is 52.3 cm³/mol. The molecule has 0 amide bonds. The molecule has 0 spiro atoms. The summed E-state index contributed by atoms with van der Waals surface area (Å²) in [6.07, 6.45) is 6.31. The van der Waals surface area contributed by atoms with E-state index in [1.165, 1.54) is 12.1 Å². The molecule has 3 atom stereocenters. The Morgan fingerprint density at radius 2 is 2.31 bits per heavy atom. The molecule has 3 unspecified atom stereocenters. The molecule has 2 rings (SSSR count). The standard InChI is InChI=1S/C10H17N3/c1-7-8(3-4-9(7)11)10-5-13(2)6-12-10/h5-9H,3-4,11H2,1-2H3. The van der Waals surface area contributed by atoms with Gasteiger partial charge in [0.15, 0.2) is 0 Å². The van der Waals surface area contributed by atoms with Crippen LogP contribution in [0.3, 0.4) is 0 Å². The number of aryl methyl sites for hydroxylation is 1. The topological polar surface area (TPSA) is 43.8 Å². The Labute approximate surface area is 79.0 Å². The van der Waals surface area contributed by atoms with Crippen molar-refractivity contribution in [2.24, 2.45) is 18.7 Å². The van der Waals surface area contributed by atoms with Crippen molar-refractivity contribution >= 4 is 0 Å². The molecule has 1 aliphatic rings. The number of nitrogens with zero attached hydrogens (tertiary/aromatic N) is 2. The molecule has 1 fully saturated rings. The van der Waals surface area contributed by atoms with E-state index in [1.54, 1.807) is 0 Å². The van der Waals surface area contributed by atoms with Crippen molar-refractivity contribution < 1.29 is 0 Å². The molecular weight excluding hydrogens is 162 g/mol. The van der Waals surface area contributed by atoms with Crippen LogP contribution in [0.2, 0.25) is 0 Å². The summed E-state index contributed by atoms with van der Waals surface area (Å²) >= 11 is 0. The van der Waals surface area contributed by atoms with Crippen molar-refractivity contribution in [1.82, 2.24) is 9.55 Å². The first-order valence-electron chi connectivity index (χ1n) is 4.92. The minimum atomic E-state index is 0.368. The van der Waals surface area contributed by atoms with Gasteiger partial charge in [-0.2, -0.15) is 0 Å². The fourth-order valence-corrected chi connectivity index (χ4v) is 2.24. The first-order chi connectivity index (χ1) is 6.18. The van der Waals surface area contributed by atoms with E-state index >= 15 is 0 Å². The van der Waals surface area contributed by atoms with Crippen molar-refractivity contribution in [2.45, 2.75) is 31.7 Å². The first-order valence-corrected chi connectivity index (χ1v) is 4.92. The molecule has 0 radical (unpaired) electrons. The summed E-state index contributed by atoms with van der Waals surface area (Å²) in [7, 11) is 2.01. The molecule has 1 aromatic rings. The number of nitrogens with two attached hydrogens (primary N) is 1. The monoisotopic (exact) mass is 179 g/mol. The highest BCUT2D eigenvalue weighted by atomic mass is 15.0. The van der Waals surface area contributed by atoms with Gasteiger partial charge in [0.05, 0.1) is 12.0 Å². The highest BCUT2D eigenvalue weighted by Crippen LogP contribution is 2.37. The highest BCUT2D eigenvalue weighted by molar-refractivity contribution is 5.10. The second-order valence-electron chi connectivity index (χ2n) is 4.17. The summed E-state index contributed by atoms with van der Waals surface area (Å²) in [4.78, 5) is 4.39. The van der Waals surface area contributed by atoms with Crippen LogP contribution < -0.4 is 5.73 Å². The third-order valence-corrected chi connectivity index (χ3v) is 3.23. The number of hydrogen-bond acceptors (Lipinski definition) is 2. The van der Waals surface area contributed by atoms with Crippen LogP contribution in [0.4, 0.5) is 0 Å². The van der Waals surface area contributed by atoms with Crippen LogP contribution in [0.15, 0.2) is 12.5 Å². The van der Waals surface area contributed by atoms with Gasteiger partial charge >= 0.3 is 0 Å². The highest BCUT2D eigenvalue weighted by Gasteiger charge is 2.32. The Kier molecular flexibility index (Phi) is 2.12. The number of aromatic nitrogens is 2. The zero-order valence-corrected chi connectivity index (χ0v) is 8.27. The van der Waals surface area contributed by atoms with E-state index in [-0.39, 0.29) is 0 Å². The van der Waals surface area contributed by atoms with Gasteiger partial charge in [-0.15, -0.1) is 0 Å². The Morgan fingerprint density at radius 3 is 2.77 bits per heavy atom. The molecule has 0 saturated heterocycles. The van der Waals surface area contributed by atoms with Gasteiger partial charge in [-0.1, -0.05) is 6.92 Å². The summed E-state index contributed by atoms with van der Waals surface area (Å²) in [6.45, 7) is 2.23. The van der Waals surface area contributed by atoms with Crippen LogP contribution in [0.25, 0.3) is 0 Å². The quantitative estimate of drug-likeness (QED) is 0.705. The maximum atomic E-state index is 5.98. The molecule has 1 aromatic heterocycles. The Morgan fingerprint density at radius 1 is 1.54 bits per heavy atom. The SMILES string of the molecule is CC1C(N)CCC1c1cn(C)cn1. The molecule has 1 saturated carbocycles. The van der Waals surface area contributed by atoms with Crippen molar-refractivity contribution in [3.8, 4) is 0 Å². The van der Waals surface area contributed by atoms with Crippen LogP contribution in [-0.4, -0.2) is 15.6 Å². The predicted octanol–water partition coefficient (Wildman–Crippen LogP) is 1.26. The molecular formula is C10H17N3. The van der Waals surface area contributed by atoms with E-state index in [0.717, 1.165) is 6.42 Å². The largest absolute Gasteiger partial charge is 0.340 e. The van der Waals surface area contributed by atoms with Gasteiger partial charge in [0.1, 0.15) is 0 Å². The zero-order chi connectivity index (χ0) is 9.42. The lowest BCUT2D eigenvalue weighted by Gasteiger charge is -2.15. The third-order valence-electron chi connectivity index (χ3n) is 3.23. The average molecular weight is 179 g/mol. The lowest BCUT2D eigenvalue weighted by molar-refractivity contribution is 0.473. The van der Waals surface area contributed by atoms with Gasteiger partial charge < -0.3 is 10.3 Å². The van der Waals surface area contributed by atoms with Crippen molar-refractivity contribution in [1.29, 1.82) is 0 Å². The molecule has 0 aromatic carbocycles. The fraction of sp³-hybridized carbons (Fsp3) is 0.700.